The van der Waals surface area contributed by atoms with E-state index in [1.165, 1.54) is 11.8 Å². The standard InChI is InChI=1S/C9H18O3S.C5H9ClO.C4H10O2S/c1-9(2,3)8(11)13-7-6-12-5-4-10;1-5(2,3)4(6)7;5-1-2-6-3-4-7/h10H,4-7H2,1-3H3;1-3H3;5,7H,1-4H2. The van der Waals surface area contributed by atoms with Crippen molar-refractivity contribution in [2.75, 3.05) is 51.1 Å². The number of rotatable bonds is 9. The molecule has 9 heteroatoms. The van der Waals surface area contributed by atoms with E-state index in [4.69, 9.17) is 31.3 Å². The van der Waals surface area contributed by atoms with Gasteiger partial charge in [0.2, 0.25) is 5.24 Å². The third kappa shape index (κ3) is 28.5. The zero-order chi connectivity index (χ0) is 21.9. The van der Waals surface area contributed by atoms with E-state index in [9.17, 15) is 9.59 Å². The summed E-state index contributed by atoms with van der Waals surface area (Å²) in [4.78, 5) is 21.6. The quantitative estimate of drug-likeness (QED) is 0.283. The number of hydrogen-bond acceptors (Lipinski definition) is 8. The van der Waals surface area contributed by atoms with Crippen LogP contribution in [0.25, 0.3) is 0 Å². The molecule has 0 saturated carbocycles. The monoisotopic (exact) mass is 448 g/mol. The van der Waals surface area contributed by atoms with Crippen molar-refractivity contribution < 1.29 is 29.3 Å². The minimum absolute atomic E-state index is 0.0396. The van der Waals surface area contributed by atoms with Crippen molar-refractivity contribution in [1.29, 1.82) is 0 Å². The van der Waals surface area contributed by atoms with Crippen LogP contribution in [0, 0.1) is 10.8 Å². The van der Waals surface area contributed by atoms with E-state index >= 15 is 0 Å². The molecule has 0 atom stereocenters. The van der Waals surface area contributed by atoms with Crippen molar-refractivity contribution in [3.8, 4) is 0 Å². The lowest BCUT2D eigenvalue weighted by atomic mass is 10.00. The molecule has 0 bridgehead atoms. The maximum Gasteiger partial charge on any atom is 0.226 e. The van der Waals surface area contributed by atoms with E-state index in [-0.39, 0.29) is 34.4 Å². The van der Waals surface area contributed by atoms with E-state index in [1.807, 2.05) is 20.8 Å². The van der Waals surface area contributed by atoms with Crippen LogP contribution in [-0.4, -0.2) is 71.7 Å². The van der Waals surface area contributed by atoms with Gasteiger partial charge in [-0.05, 0) is 11.6 Å². The Bertz CT molecular complexity index is 364. The molecule has 2 N–H and O–H groups in total. The Morgan fingerprint density at radius 2 is 1.30 bits per heavy atom. The highest BCUT2D eigenvalue weighted by atomic mass is 35.5. The average Bonchev–Trinajstić information content (AvgIpc) is 2.54. The van der Waals surface area contributed by atoms with E-state index < -0.39 is 0 Å². The van der Waals surface area contributed by atoms with Crippen LogP contribution in [0.5, 0.6) is 0 Å². The first-order valence-corrected chi connectivity index (χ1v) is 10.7. The molecular formula is C18H37ClO6S2. The molecule has 164 valence electrons. The lowest BCUT2D eigenvalue weighted by Crippen LogP contribution is -2.17. The molecule has 0 aromatic rings. The number of halogens is 1. The van der Waals surface area contributed by atoms with Crippen molar-refractivity contribution in [3.05, 3.63) is 0 Å². The first-order chi connectivity index (χ1) is 12.3. The predicted molar refractivity (Wildman–Crippen MR) is 117 cm³/mol. The van der Waals surface area contributed by atoms with Gasteiger partial charge in [-0.25, -0.2) is 0 Å². The van der Waals surface area contributed by atoms with Crippen molar-refractivity contribution in [2.45, 2.75) is 41.5 Å². The van der Waals surface area contributed by atoms with Crippen LogP contribution in [0.15, 0.2) is 0 Å². The van der Waals surface area contributed by atoms with Crippen LogP contribution in [0.3, 0.4) is 0 Å². The normalized spacial score (nSPS) is 11.0. The Morgan fingerprint density at radius 1 is 0.889 bits per heavy atom. The zero-order valence-electron chi connectivity index (χ0n) is 17.4. The van der Waals surface area contributed by atoms with Gasteiger partial charge in [0.15, 0.2) is 5.12 Å². The van der Waals surface area contributed by atoms with Crippen LogP contribution in [0.1, 0.15) is 41.5 Å². The zero-order valence-corrected chi connectivity index (χ0v) is 19.9. The predicted octanol–water partition coefficient (Wildman–Crippen LogP) is 3.02. The lowest BCUT2D eigenvalue weighted by Gasteiger charge is -2.15. The molecule has 0 saturated heterocycles. The lowest BCUT2D eigenvalue weighted by molar-refractivity contribution is -0.118. The third-order valence-electron chi connectivity index (χ3n) is 2.37. The summed E-state index contributed by atoms with van der Waals surface area (Å²) in [5, 5.41) is 16.4. The van der Waals surface area contributed by atoms with Gasteiger partial charge in [0, 0.05) is 22.3 Å². The molecular weight excluding hydrogens is 412 g/mol. The van der Waals surface area contributed by atoms with Gasteiger partial charge in [0.25, 0.3) is 0 Å². The van der Waals surface area contributed by atoms with E-state index in [1.54, 1.807) is 20.8 Å². The highest BCUT2D eigenvalue weighted by molar-refractivity contribution is 8.13. The van der Waals surface area contributed by atoms with Crippen molar-refractivity contribution in [2.24, 2.45) is 10.8 Å². The van der Waals surface area contributed by atoms with Crippen LogP contribution in [0.2, 0.25) is 0 Å². The molecule has 0 amide bonds. The molecule has 27 heavy (non-hydrogen) atoms. The molecule has 0 fully saturated rings. The Morgan fingerprint density at radius 3 is 1.59 bits per heavy atom. The Kier molecular flexibility index (Phi) is 23.0. The van der Waals surface area contributed by atoms with Crippen molar-refractivity contribution in [3.63, 3.8) is 0 Å². The SMILES string of the molecule is CC(C)(C)C(=O)Cl.CC(C)(C)C(=O)SCCOCCO.OCCOCCS. The smallest absolute Gasteiger partial charge is 0.226 e. The van der Waals surface area contributed by atoms with Crippen molar-refractivity contribution in [1.82, 2.24) is 0 Å². The third-order valence-corrected chi connectivity index (χ3v) is 4.36. The summed E-state index contributed by atoms with van der Waals surface area (Å²) in [5.74, 6) is 1.39. The molecule has 6 nitrogen and oxygen atoms in total. The van der Waals surface area contributed by atoms with Crippen LogP contribution in [0.4, 0.5) is 0 Å². The number of carbonyl (C=O) groups is 2. The van der Waals surface area contributed by atoms with Crippen molar-refractivity contribution >= 4 is 46.3 Å². The Labute approximate surface area is 179 Å². The van der Waals surface area contributed by atoms with E-state index in [0.717, 1.165) is 5.75 Å². The molecule has 0 aliphatic rings. The largest absolute Gasteiger partial charge is 0.394 e. The number of thiol groups is 1. The second-order valence-electron chi connectivity index (χ2n) is 7.31. The summed E-state index contributed by atoms with van der Waals surface area (Å²) < 4.78 is 9.83. The van der Waals surface area contributed by atoms with Gasteiger partial charge >= 0.3 is 0 Å². The second kappa shape index (κ2) is 19.5. The summed E-state index contributed by atoms with van der Waals surface area (Å²) in [7, 11) is 0. The number of ether oxygens (including phenoxy) is 2. The highest BCUT2D eigenvalue weighted by Gasteiger charge is 2.21. The second-order valence-corrected chi connectivity index (χ2v) is 9.16. The van der Waals surface area contributed by atoms with E-state index in [2.05, 4.69) is 12.6 Å². The highest BCUT2D eigenvalue weighted by Crippen LogP contribution is 2.22. The topological polar surface area (TPSA) is 93.1 Å². The first kappa shape index (κ1) is 31.9. The molecule has 0 aliphatic carbocycles. The van der Waals surface area contributed by atoms with Crippen LogP contribution in [-0.2, 0) is 19.1 Å². The number of aliphatic hydroxyl groups is 2. The summed E-state index contributed by atoms with van der Waals surface area (Å²) in [6.45, 7) is 13.1. The van der Waals surface area contributed by atoms with Gasteiger partial charge < -0.3 is 19.7 Å². The first-order valence-electron chi connectivity index (χ1n) is 8.69. The Hall–Kier alpha value is 0.170. The maximum atomic E-state index is 11.4. The minimum atomic E-state index is -0.373. The minimum Gasteiger partial charge on any atom is -0.394 e. The van der Waals surface area contributed by atoms with Gasteiger partial charge in [-0.2, -0.15) is 12.6 Å². The summed E-state index contributed by atoms with van der Waals surface area (Å²) >= 11 is 10.3. The van der Waals surface area contributed by atoms with E-state index in [0.29, 0.717) is 32.2 Å². The molecule has 0 aromatic carbocycles. The van der Waals surface area contributed by atoms with Gasteiger partial charge in [0.1, 0.15) is 0 Å². The Balaban J connectivity index is -0.000000350. The summed E-state index contributed by atoms with van der Waals surface area (Å²) in [6.07, 6.45) is 0. The fraction of sp³-hybridized carbons (Fsp3) is 0.889. The molecule has 0 aromatic heterocycles. The molecule has 0 spiro atoms. The summed E-state index contributed by atoms with van der Waals surface area (Å²) in [6, 6.07) is 0. The molecule has 0 heterocycles. The molecule has 0 aliphatic heterocycles. The number of hydrogen-bond donors (Lipinski definition) is 3. The number of aliphatic hydroxyl groups excluding tert-OH is 2. The fourth-order valence-electron chi connectivity index (χ4n) is 0.808. The van der Waals surface area contributed by atoms with Crippen LogP contribution < -0.4 is 0 Å². The summed E-state index contributed by atoms with van der Waals surface area (Å²) in [5.41, 5.74) is -0.650. The fourth-order valence-corrected chi connectivity index (χ4v) is 1.76. The number of thioether (sulfide) groups is 1. The van der Waals surface area contributed by atoms with Gasteiger partial charge in [-0.1, -0.05) is 53.3 Å². The molecule has 0 radical (unpaired) electrons. The number of carbonyl (C=O) groups excluding carboxylic acids is 2. The van der Waals surface area contributed by atoms with Gasteiger partial charge in [0.05, 0.1) is 39.6 Å². The maximum absolute atomic E-state index is 11.4. The van der Waals surface area contributed by atoms with Gasteiger partial charge in [-0.15, -0.1) is 0 Å². The van der Waals surface area contributed by atoms with Crippen LogP contribution >= 0.6 is 36.0 Å². The van der Waals surface area contributed by atoms with Gasteiger partial charge in [-0.3, -0.25) is 9.59 Å². The average molecular weight is 449 g/mol. The molecule has 0 unspecified atom stereocenters. The molecule has 0 rings (SSSR count).